The molecule has 9 heteroatoms. The fraction of sp³-hybridized carbons (Fsp3) is 0.737. The molecule has 2 fully saturated rings. The number of carbonyl (C=O) groups is 1. The van der Waals surface area contributed by atoms with Crippen molar-refractivity contribution in [1.29, 1.82) is 0 Å². The molecule has 4 rings (SSSR count). The highest BCUT2D eigenvalue weighted by molar-refractivity contribution is 5.74. The molecule has 0 bridgehead atoms. The number of nitrogens with two attached hydrogens (primary N) is 1. The largest absolute Gasteiger partial charge is 0.343 e. The van der Waals surface area contributed by atoms with Gasteiger partial charge < -0.3 is 20.1 Å². The van der Waals surface area contributed by atoms with Gasteiger partial charge in [-0.15, -0.1) is 0 Å². The van der Waals surface area contributed by atoms with Crippen molar-refractivity contribution in [1.82, 2.24) is 25.6 Å². The van der Waals surface area contributed by atoms with Crippen molar-refractivity contribution in [3.05, 3.63) is 23.4 Å². The van der Waals surface area contributed by atoms with Crippen molar-refractivity contribution < 1.29 is 13.8 Å². The summed E-state index contributed by atoms with van der Waals surface area (Å²) in [6.45, 7) is 1.53. The van der Waals surface area contributed by atoms with Gasteiger partial charge in [0.25, 0.3) is 0 Å². The summed E-state index contributed by atoms with van der Waals surface area (Å²) >= 11 is 0. The monoisotopic (exact) mass is 388 g/mol. The summed E-state index contributed by atoms with van der Waals surface area (Å²) in [6, 6.07) is 0. The van der Waals surface area contributed by atoms with Gasteiger partial charge in [-0.1, -0.05) is 36.0 Å². The van der Waals surface area contributed by atoms with Crippen LogP contribution in [0.4, 0.5) is 0 Å². The number of rotatable bonds is 6. The first-order valence-electron chi connectivity index (χ1n) is 10.2. The minimum atomic E-state index is -0.530. The number of aryl methyl sites for hydroxylation is 2. The summed E-state index contributed by atoms with van der Waals surface area (Å²) in [4.78, 5) is 20.8. The van der Waals surface area contributed by atoms with E-state index < -0.39 is 11.1 Å². The van der Waals surface area contributed by atoms with Crippen molar-refractivity contribution in [3.8, 4) is 0 Å². The number of hydrogen-bond donors (Lipinski definition) is 2. The van der Waals surface area contributed by atoms with Gasteiger partial charge in [0.1, 0.15) is 5.54 Å². The van der Waals surface area contributed by atoms with Gasteiger partial charge in [0.2, 0.25) is 17.7 Å². The van der Waals surface area contributed by atoms with E-state index in [-0.39, 0.29) is 5.91 Å². The van der Waals surface area contributed by atoms with Gasteiger partial charge in [-0.2, -0.15) is 9.97 Å². The van der Waals surface area contributed by atoms with Crippen LogP contribution in [-0.4, -0.2) is 26.2 Å². The topological polar surface area (TPSA) is 133 Å². The van der Waals surface area contributed by atoms with Crippen LogP contribution < -0.4 is 11.1 Å². The molecule has 2 aromatic rings. The third-order valence-electron chi connectivity index (χ3n) is 5.98. The smallest absolute Gasteiger partial charge is 0.227 e. The predicted octanol–water partition coefficient (Wildman–Crippen LogP) is 2.26. The Morgan fingerprint density at radius 2 is 1.50 bits per heavy atom. The zero-order valence-electron chi connectivity index (χ0n) is 16.4. The van der Waals surface area contributed by atoms with Crippen LogP contribution in [0.25, 0.3) is 0 Å². The lowest BCUT2D eigenvalue weighted by molar-refractivity contribution is -0.121. The molecule has 0 aromatic carbocycles. The average Bonchev–Trinajstić information content (AvgIpc) is 3.24. The van der Waals surface area contributed by atoms with E-state index in [0.717, 1.165) is 57.8 Å². The van der Waals surface area contributed by atoms with E-state index in [2.05, 4.69) is 25.6 Å². The maximum Gasteiger partial charge on any atom is 0.227 e. The molecule has 9 nitrogen and oxygen atoms in total. The summed E-state index contributed by atoms with van der Waals surface area (Å²) in [7, 11) is 0. The van der Waals surface area contributed by atoms with Crippen molar-refractivity contribution in [2.45, 2.75) is 88.6 Å². The number of aromatic nitrogens is 4. The van der Waals surface area contributed by atoms with E-state index in [1.54, 1.807) is 0 Å². The first-order valence-corrected chi connectivity index (χ1v) is 10.2. The minimum absolute atomic E-state index is 0.0710. The minimum Gasteiger partial charge on any atom is -0.343 e. The Bertz CT molecular complexity index is 817. The fourth-order valence-corrected chi connectivity index (χ4v) is 4.18. The van der Waals surface area contributed by atoms with Crippen LogP contribution in [0.5, 0.6) is 0 Å². The number of nitrogens with one attached hydrogen (secondary N) is 1. The Balaban J connectivity index is 1.43. The normalized spacial score (nSPS) is 20.9. The van der Waals surface area contributed by atoms with Gasteiger partial charge in [0.15, 0.2) is 11.6 Å². The Labute approximate surface area is 163 Å². The van der Waals surface area contributed by atoms with E-state index in [0.29, 0.717) is 36.3 Å². The third kappa shape index (κ3) is 3.80. The zero-order chi connectivity index (χ0) is 19.6. The van der Waals surface area contributed by atoms with Gasteiger partial charge in [-0.3, -0.25) is 4.79 Å². The molecule has 2 heterocycles. The molecule has 0 aliphatic heterocycles. The van der Waals surface area contributed by atoms with Crippen LogP contribution in [0.1, 0.15) is 88.1 Å². The maximum absolute atomic E-state index is 11.8. The van der Waals surface area contributed by atoms with Crippen LogP contribution in [0.2, 0.25) is 0 Å². The first kappa shape index (κ1) is 19.0. The Morgan fingerprint density at radius 3 is 2.04 bits per heavy atom. The fourth-order valence-electron chi connectivity index (χ4n) is 4.18. The molecule has 0 spiro atoms. The predicted molar refractivity (Wildman–Crippen MR) is 98.9 cm³/mol. The zero-order valence-corrected chi connectivity index (χ0v) is 16.4. The van der Waals surface area contributed by atoms with E-state index >= 15 is 0 Å². The van der Waals surface area contributed by atoms with E-state index in [4.69, 9.17) is 14.8 Å². The van der Waals surface area contributed by atoms with Crippen LogP contribution >= 0.6 is 0 Å². The van der Waals surface area contributed by atoms with Crippen LogP contribution in [0.15, 0.2) is 9.05 Å². The second-order valence-electron chi connectivity index (χ2n) is 8.21. The molecule has 2 aromatic heterocycles. The highest BCUT2D eigenvalue weighted by atomic mass is 16.5. The molecule has 2 aliphatic rings. The van der Waals surface area contributed by atoms with Gasteiger partial charge in [0.05, 0.1) is 5.54 Å². The summed E-state index contributed by atoms with van der Waals surface area (Å²) in [5, 5.41) is 11.3. The molecular weight excluding hydrogens is 360 g/mol. The lowest BCUT2D eigenvalue weighted by Crippen LogP contribution is -2.45. The maximum atomic E-state index is 11.8. The van der Waals surface area contributed by atoms with Crippen LogP contribution in [0.3, 0.4) is 0 Å². The second-order valence-corrected chi connectivity index (χ2v) is 8.21. The van der Waals surface area contributed by atoms with E-state index in [1.807, 2.05) is 0 Å². The summed E-state index contributed by atoms with van der Waals surface area (Å²) in [6.07, 6.45) is 9.96. The second kappa shape index (κ2) is 7.62. The molecule has 0 saturated heterocycles. The van der Waals surface area contributed by atoms with Crippen molar-refractivity contribution in [2.24, 2.45) is 5.73 Å². The number of carbonyl (C=O) groups excluding carboxylic acids is 1. The van der Waals surface area contributed by atoms with Gasteiger partial charge in [-0.05, 0) is 32.1 Å². The molecule has 0 atom stereocenters. The molecular formula is C19H28N6O3. The Hall–Kier alpha value is -2.29. The van der Waals surface area contributed by atoms with Gasteiger partial charge in [0, 0.05) is 19.8 Å². The number of hydrogen-bond acceptors (Lipinski definition) is 8. The van der Waals surface area contributed by atoms with Gasteiger partial charge >= 0.3 is 0 Å². The lowest BCUT2D eigenvalue weighted by atomic mass is 9.77. The van der Waals surface area contributed by atoms with Crippen LogP contribution in [-0.2, 0) is 28.7 Å². The molecule has 0 unspecified atom stereocenters. The van der Waals surface area contributed by atoms with Crippen molar-refractivity contribution in [2.75, 3.05) is 0 Å². The van der Waals surface area contributed by atoms with E-state index in [1.165, 1.54) is 6.92 Å². The van der Waals surface area contributed by atoms with Crippen molar-refractivity contribution in [3.63, 3.8) is 0 Å². The summed E-state index contributed by atoms with van der Waals surface area (Å²) < 4.78 is 10.8. The molecule has 2 saturated carbocycles. The first-order chi connectivity index (χ1) is 13.5. The molecule has 1 amide bonds. The number of amides is 1. The highest BCUT2D eigenvalue weighted by Gasteiger charge is 2.39. The number of nitrogens with zero attached hydrogens (tertiary/aromatic N) is 4. The molecule has 0 radical (unpaired) electrons. The average molecular weight is 388 g/mol. The van der Waals surface area contributed by atoms with Gasteiger partial charge in [-0.25, -0.2) is 0 Å². The molecule has 3 N–H and O–H groups in total. The standard InChI is InChI=1S/C19H28N6O3/c1-13(26)23-19(11-4-2-3-5-12-19)17-22-15(28-25-17)8-7-14-21-16(24-27-14)18(20)9-6-10-18/h2-12,20H2,1H3,(H,23,26). The molecule has 152 valence electrons. The third-order valence-corrected chi connectivity index (χ3v) is 5.98. The quantitative estimate of drug-likeness (QED) is 0.720. The summed E-state index contributed by atoms with van der Waals surface area (Å²) in [5.74, 6) is 2.12. The SMILES string of the molecule is CC(=O)NC1(c2noc(CCc3nc(C4(N)CCC4)no3)n2)CCCCCC1. The van der Waals surface area contributed by atoms with Crippen LogP contribution in [0, 0.1) is 0 Å². The summed E-state index contributed by atoms with van der Waals surface area (Å²) in [5.41, 5.74) is 5.28. The van der Waals surface area contributed by atoms with E-state index in [9.17, 15) is 4.79 Å². The Morgan fingerprint density at radius 1 is 0.929 bits per heavy atom. The van der Waals surface area contributed by atoms with Crippen molar-refractivity contribution >= 4 is 5.91 Å². The lowest BCUT2D eigenvalue weighted by Gasteiger charge is -2.34. The Kier molecular flexibility index (Phi) is 5.18. The molecule has 2 aliphatic carbocycles. The highest BCUT2D eigenvalue weighted by Crippen LogP contribution is 2.37. The molecule has 28 heavy (non-hydrogen) atoms.